The molecular weight excluding hydrogens is 304 g/mol. The van der Waals surface area contributed by atoms with Gasteiger partial charge in [-0.05, 0) is 58.2 Å². The second-order valence-corrected chi connectivity index (χ2v) is 8.16. The molecule has 1 aliphatic carbocycles. The highest BCUT2D eigenvalue weighted by molar-refractivity contribution is 5.82. The van der Waals surface area contributed by atoms with Crippen molar-refractivity contribution in [1.82, 2.24) is 0 Å². The summed E-state index contributed by atoms with van der Waals surface area (Å²) in [5.74, 6) is 0.411. The van der Waals surface area contributed by atoms with Gasteiger partial charge < -0.3 is 5.11 Å². The molecule has 0 radical (unpaired) electrons. The lowest BCUT2D eigenvalue weighted by Gasteiger charge is -2.23. The molecule has 0 aliphatic heterocycles. The molecule has 0 spiro atoms. The van der Waals surface area contributed by atoms with E-state index in [1.54, 1.807) is 0 Å². The Labute approximate surface area is 150 Å². The molecule has 0 bridgehead atoms. The Morgan fingerprint density at radius 3 is 2.28 bits per heavy atom. The molecule has 0 saturated carbocycles. The third-order valence-electron chi connectivity index (χ3n) is 5.17. The second kappa shape index (κ2) is 5.49. The molecular formula is C24H24O. The molecule has 0 amide bonds. The Morgan fingerprint density at radius 2 is 1.52 bits per heavy atom. The van der Waals surface area contributed by atoms with Gasteiger partial charge in [0, 0.05) is 11.1 Å². The Balaban J connectivity index is 1.85. The van der Waals surface area contributed by atoms with Gasteiger partial charge in [0.05, 0.1) is 0 Å². The van der Waals surface area contributed by atoms with Crippen LogP contribution in [-0.4, -0.2) is 5.11 Å². The maximum Gasteiger partial charge on any atom is 0.127 e. The van der Waals surface area contributed by atoms with Crippen LogP contribution in [0.4, 0.5) is 0 Å². The summed E-state index contributed by atoms with van der Waals surface area (Å²) in [5.41, 5.74) is 9.53. The third kappa shape index (κ3) is 2.64. The maximum absolute atomic E-state index is 10.9. The first-order valence-corrected chi connectivity index (χ1v) is 8.90. The van der Waals surface area contributed by atoms with Gasteiger partial charge in [0.15, 0.2) is 0 Å². The van der Waals surface area contributed by atoms with Crippen LogP contribution in [0.25, 0.3) is 22.3 Å². The minimum absolute atomic E-state index is 0.0855. The van der Waals surface area contributed by atoms with Crippen LogP contribution in [0.15, 0.2) is 54.6 Å². The molecule has 3 aromatic rings. The van der Waals surface area contributed by atoms with Crippen molar-refractivity contribution in [2.24, 2.45) is 0 Å². The van der Waals surface area contributed by atoms with E-state index in [1.807, 2.05) is 0 Å². The van der Waals surface area contributed by atoms with Gasteiger partial charge in [-0.25, -0.2) is 0 Å². The van der Waals surface area contributed by atoms with Crippen LogP contribution < -0.4 is 0 Å². The van der Waals surface area contributed by atoms with E-state index in [-0.39, 0.29) is 5.41 Å². The van der Waals surface area contributed by atoms with E-state index in [9.17, 15) is 5.11 Å². The van der Waals surface area contributed by atoms with Crippen molar-refractivity contribution in [1.29, 1.82) is 0 Å². The number of rotatable bonds is 1. The Bertz CT molecular complexity index is 974. The SMILES string of the molecule is Cc1cc(-c2ccc3c(c2)Cc2ccccc2-3)c(O)c(C(C)(C)C)c1. The summed E-state index contributed by atoms with van der Waals surface area (Å²) in [7, 11) is 0. The molecule has 0 saturated heterocycles. The number of hydrogen-bond acceptors (Lipinski definition) is 1. The average molecular weight is 328 g/mol. The molecule has 1 nitrogen and oxygen atoms in total. The van der Waals surface area contributed by atoms with Crippen LogP contribution in [0.1, 0.15) is 43.0 Å². The van der Waals surface area contributed by atoms with E-state index < -0.39 is 0 Å². The highest BCUT2D eigenvalue weighted by Gasteiger charge is 2.23. The molecule has 3 aromatic carbocycles. The van der Waals surface area contributed by atoms with Crippen LogP contribution >= 0.6 is 0 Å². The van der Waals surface area contributed by atoms with Crippen LogP contribution in [0, 0.1) is 6.92 Å². The van der Waals surface area contributed by atoms with Crippen LogP contribution in [0.5, 0.6) is 5.75 Å². The minimum Gasteiger partial charge on any atom is -0.507 e. The van der Waals surface area contributed by atoms with Crippen molar-refractivity contribution in [2.45, 2.75) is 39.5 Å². The molecule has 0 fully saturated rings. The van der Waals surface area contributed by atoms with Gasteiger partial charge in [-0.15, -0.1) is 0 Å². The molecule has 0 aromatic heterocycles. The number of phenolic OH excluding ortho intramolecular Hbond substituents is 1. The molecule has 1 N–H and O–H groups in total. The predicted molar refractivity (Wildman–Crippen MR) is 105 cm³/mol. The van der Waals surface area contributed by atoms with Crippen molar-refractivity contribution in [3.8, 4) is 28.0 Å². The highest BCUT2D eigenvalue weighted by Crippen LogP contribution is 2.43. The number of fused-ring (bicyclic) bond motifs is 3. The average Bonchev–Trinajstić information content (AvgIpc) is 2.93. The Kier molecular flexibility index (Phi) is 3.50. The van der Waals surface area contributed by atoms with Gasteiger partial charge in [-0.3, -0.25) is 0 Å². The molecule has 126 valence electrons. The standard InChI is InChI=1S/C24H24O/c1-15-11-21(23(25)22(12-15)24(2,3)4)17-9-10-20-18(14-17)13-16-7-5-6-8-19(16)20/h5-12,14,25H,13H2,1-4H3. The van der Waals surface area contributed by atoms with E-state index >= 15 is 0 Å². The van der Waals surface area contributed by atoms with Gasteiger partial charge in [-0.1, -0.05) is 69.3 Å². The second-order valence-electron chi connectivity index (χ2n) is 8.16. The molecule has 1 heteroatoms. The Hall–Kier alpha value is -2.54. The number of phenols is 1. The van der Waals surface area contributed by atoms with E-state index in [1.165, 1.54) is 27.8 Å². The summed E-state index contributed by atoms with van der Waals surface area (Å²) in [6.45, 7) is 8.53. The first-order valence-electron chi connectivity index (χ1n) is 8.90. The quantitative estimate of drug-likeness (QED) is 0.439. The number of benzene rings is 3. The molecule has 0 unspecified atom stereocenters. The predicted octanol–water partition coefficient (Wildman–Crippen LogP) is 6.24. The lowest BCUT2D eigenvalue weighted by Crippen LogP contribution is -2.12. The van der Waals surface area contributed by atoms with Gasteiger partial charge >= 0.3 is 0 Å². The maximum atomic E-state index is 10.9. The smallest absolute Gasteiger partial charge is 0.127 e. The largest absolute Gasteiger partial charge is 0.507 e. The highest BCUT2D eigenvalue weighted by atomic mass is 16.3. The van der Waals surface area contributed by atoms with E-state index in [2.05, 4.69) is 82.3 Å². The summed E-state index contributed by atoms with van der Waals surface area (Å²) >= 11 is 0. The zero-order valence-electron chi connectivity index (χ0n) is 15.4. The first kappa shape index (κ1) is 16.0. The molecule has 1 aliphatic rings. The third-order valence-corrected chi connectivity index (χ3v) is 5.17. The number of aromatic hydroxyl groups is 1. The molecule has 0 heterocycles. The summed E-state index contributed by atoms with van der Waals surface area (Å²) in [4.78, 5) is 0. The van der Waals surface area contributed by atoms with Crippen molar-refractivity contribution in [2.75, 3.05) is 0 Å². The van der Waals surface area contributed by atoms with Gasteiger partial charge in [0.2, 0.25) is 0 Å². The Morgan fingerprint density at radius 1 is 0.800 bits per heavy atom. The fourth-order valence-electron chi connectivity index (χ4n) is 3.88. The van der Waals surface area contributed by atoms with E-state index in [0.29, 0.717) is 5.75 Å². The summed E-state index contributed by atoms with van der Waals surface area (Å²) < 4.78 is 0. The van der Waals surface area contributed by atoms with Gasteiger partial charge in [-0.2, -0.15) is 0 Å². The molecule has 4 rings (SSSR count). The van der Waals surface area contributed by atoms with Crippen LogP contribution in [0.2, 0.25) is 0 Å². The monoisotopic (exact) mass is 328 g/mol. The van der Waals surface area contributed by atoms with Crippen molar-refractivity contribution in [3.63, 3.8) is 0 Å². The van der Waals surface area contributed by atoms with E-state index in [0.717, 1.165) is 23.1 Å². The topological polar surface area (TPSA) is 20.2 Å². The number of aryl methyl sites for hydroxylation is 1. The zero-order valence-corrected chi connectivity index (χ0v) is 15.4. The summed E-state index contributed by atoms with van der Waals surface area (Å²) in [5, 5.41) is 10.9. The van der Waals surface area contributed by atoms with Gasteiger partial charge in [0.1, 0.15) is 5.75 Å². The van der Waals surface area contributed by atoms with Crippen molar-refractivity contribution >= 4 is 0 Å². The summed E-state index contributed by atoms with van der Waals surface area (Å²) in [6, 6.07) is 19.4. The van der Waals surface area contributed by atoms with E-state index in [4.69, 9.17) is 0 Å². The lowest BCUT2D eigenvalue weighted by molar-refractivity contribution is 0.448. The van der Waals surface area contributed by atoms with Gasteiger partial charge in [0.25, 0.3) is 0 Å². The van der Waals surface area contributed by atoms with Crippen molar-refractivity contribution in [3.05, 3.63) is 76.9 Å². The fraction of sp³-hybridized carbons (Fsp3) is 0.250. The van der Waals surface area contributed by atoms with Crippen molar-refractivity contribution < 1.29 is 5.11 Å². The first-order chi connectivity index (χ1) is 11.8. The normalized spacial score (nSPS) is 12.8. The molecule has 25 heavy (non-hydrogen) atoms. The lowest BCUT2D eigenvalue weighted by atomic mass is 9.83. The minimum atomic E-state index is -0.0855. The summed E-state index contributed by atoms with van der Waals surface area (Å²) in [6.07, 6.45) is 0.970. The zero-order chi connectivity index (χ0) is 17.8. The number of hydrogen-bond donors (Lipinski definition) is 1. The molecule has 0 atom stereocenters. The van der Waals surface area contributed by atoms with Crippen LogP contribution in [-0.2, 0) is 11.8 Å². The fourth-order valence-corrected chi connectivity index (χ4v) is 3.88. The van der Waals surface area contributed by atoms with Crippen LogP contribution in [0.3, 0.4) is 0 Å².